The number of amides is 1. The number of nitrogens with one attached hydrogen (secondary N) is 2. The number of carbonyl (C=O) groups is 2. The van der Waals surface area contributed by atoms with E-state index in [-0.39, 0.29) is 5.91 Å². The minimum Gasteiger partial charge on any atom is -0.465 e. The van der Waals surface area contributed by atoms with Crippen molar-refractivity contribution in [2.24, 2.45) is 0 Å². The molecule has 1 amide bonds. The normalized spacial score (nSPS) is 18.0. The Balaban J connectivity index is 1.83. The predicted molar refractivity (Wildman–Crippen MR) is 81.3 cm³/mol. The largest absolute Gasteiger partial charge is 0.465 e. The van der Waals surface area contributed by atoms with E-state index in [1.807, 2.05) is 0 Å². The summed E-state index contributed by atoms with van der Waals surface area (Å²) in [6.45, 7) is 1.05. The summed E-state index contributed by atoms with van der Waals surface area (Å²) in [5, 5.41) is 6.26. The number of hydrogen-bond donors (Lipinski definition) is 2. The molecule has 1 saturated heterocycles. The minimum absolute atomic E-state index is 0.0237. The molecular formula is C16H22N2O3. The number of methoxy groups -OCH3 is 1. The molecule has 0 aliphatic carbocycles. The van der Waals surface area contributed by atoms with E-state index in [2.05, 4.69) is 15.4 Å². The third-order valence-corrected chi connectivity index (χ3v) is 3.70. The molecule has 1 atom stereocenters. The molecule has 0 radical (unpaired) electrons. The molecule has 2 N–H and O–H groups in total. The van der Waals surface area contributed by atoms with E-state index in [0.29, 0.717) is 23.7 Å². The highest BCUT2D eigenvalue weighted by Crippen LogP contribution is 2.14. The van der Waals surface area contributed by atoms with Gasteiger partial charge in [0.25, 0.3) is 0 Å². The fourth-order valence-electron chi connectivity index (χ4n) is 2.54. The standard InChI is InChI=1S/C16H22N2O3/c1-21-16(20)12-5-4-7-14(11-12)18-15(19)9-8-13-6-2-3-10-17-13/h4-5,7,11,13,17H,2-3,6,8-10H2,1H3,(H,18,19). The molecule has 5 heteroatoms. The van der Waals surface area contributed by atoms with Crippen LogP contribution in [0.3, 0.4) is 0 Å². The summed E-state index contributed by atoms with van der Waals surface area (Å²) in [4.78, 5) is 23.4. The van der Waals surface area contributed by atoms with E-state index in [1.54, 1.807) is 24.3 Å². The van der Waals surface area contributed by atoms with Crippen molar-refractivity contribution in [1.29, 1.82) is 0 Å². The second-order valence-electron chi connectivity index (χ2n) is 5.31. The van der Waals surface area contributed by atoms with E-state index in [1.165, 1.54) is 20.0 Å². The van der Waals surface area contributed by atoms with Crippen molar-refractivity contribution in [3.63, 3.8) is 0 Å². The Morgan fingerprint density at radius 1 is 1.38 bits per heavy atom. The Bertz CT molecular complexity index is 496. The van der Waals surface area contributed by atoms with Crippen molar-refractivity contribution >= 4 is 17.6 Å². The average molecular weight is 290 g/mol. The number of carbonyl (C=O) groups excluding carboxylic acids is 2. The first kappa shape index (κ1) is 15.5. The molecule has 1 unspecified atom stereocenters. The molecule has 1 aliphatic heterocycles. The Morgan fingerprint density at radius 3 is 2.95 bits per heavy atom. The van der Waals surface area contributed by atoms with Gasteiger partial charge in [-0.1, -0.05) is 12.5 Å². The van der Waals surface area contributed by atoms with Gasteiger partial charge in [-0.25, -0.2) is 4.79 Å². The maximum absolute atomic E-state index is 12.0. The number of piperidine rings is 1. The van der Waals surface area contributed by atoms with Gasteiger partial charge in [0, 0.05) is 18.2 Å². The first-order valence-corrected chi connectivity index (χ1v) is 7.40. The van der Waals surface area contributed by atoms with Crippen LogP contribution < -0.4 is 10.6 Å². The van der Waals surface area contributed by atoms with Gasteiger partial charge in [0.1, 0.15) is 0 Å². The lowest BCUT2D eigenvalue weighted by atomic mass is 10.0. The molecule has 1 aromatic rings. The number of ether oxygens (including phenoxy) is 1. The van der Waals surface area contributed by atoms with Crippen molar-refractivity contribution in [3.05, 3.63) is 29.8 Å². The highest BCUT2D eigenvalue weighted by molar-refractivity contribution is 5.94. The average Bonchev–Trinajstić information content (AvgIpc) is 2.53. The van der Waals surface area contributed by atoms with Crippen LogP contribution in [0.15, 0.2) is 24.3 Å². The van der Waals surface area contributed by atoms with Gasteiger partial charge in [-0.05, 0) is 44.0 Å². The summed E-state index contributed by atoms with van der Waals surface area (Å²) < 4.78 is 4.66. The quantitative estimate of drug-likeness (QED) is 0.817. The van der Waals surface area contributed by atoms with Gasteiger partial charge < -0.3 is 15.4 Å². The first-order chi connectivity index (χ1) is 10.2. The smallest absolute Gasteiger partial charge is 0.337 e. The fraction of sp³-hybridized carbons (Fsp3) is 0.500. The lowest BCUT2D eigenvalue weighted by Gasteiger charge is -2.23. The zero-order chi connectivity index (χ0) is 15.1. The molecule has 0 bridgehead atoms. The third kappa shape index (κ3) is 4.86. The van der Waals surface area contributed by atoms with Gasteiger partial charge in [-0.2, -0.15) is 0 Å². The van der Waals surface area contributed by atoms with Crippen molar-refractivity contribution < 1.29 is 14.3 Å². The summed E-state index contributed by atoms with van der Waals surface area (Å²) in [5.74, 6) is -0.429. The molecule has 1 aromatic carbocycles. The Hall–Kier alpha value is -1.88. The maximum atomic E-state index is 12.0. The zero-order valence-electron chi connectivity index (χ0n) is 12.4. The van der Waals surface area contributed by atoms with Crippen molar-refractivity contribution in [3.8, 4) is 0 Å². The first-order valence-electron chi connectivity index (χ1n) is 7.40. The van der Waals surface area contributed by atoms with E-state index >= 15 is 0 Å². The van der Waals surface area contributed by atoms with Crippen LogP contribution in [0.4, 0.5) is 5.69 Å². The number of anilines is 1. The second-order valence-corrected chi connectivity index (χ2v) is 5.31. The van der Waals surface area contributed by atoms with E-state index in [0.717, 1.165) is 19.4 Å². The van der Waals surface area contributed by atoms with Gasteiger partial charge in [0.05, 0.1) is 12.7 Å². The maximum Gasteiger partial charge on any atom is 0.337 e. The van der Waals surface area contributed by atoms with Crippen LogP contribution in [-0.2, 0) is 9.53 Å². The molecule has 2 rings (SSSR count). The van der Waals surface area contributed by atoms with E-state index in [4.69, 9.17) is 0 Å². The highest BCUT2D eigenvalue weighted by Gasteiger charge is 2.14. The molecule has 1 heterocycles. The van der Waals surface area contributed by atoms with Crippen LogP contribution in [0.5, 0.6) is 0 Å². The minimum atomic E-state index is -0.405. The predicted octanol–water partition coefficient (Wildman–Crippen LogP) is 2.33. The number of esters is 1. The molecule has 0 saturated carbocycles. The summed E-state index contributed by atoms with van der Waals surface area (Å²) in [7, 11) is 1.34. The summed E-state index contributed by atoms with van der Waals surface area (Å²) in [6, 6.07) is 7.23. The van der Waals surface area contributed by atoms with Crippen LogP contribution in [0.1, 0.15) is 42.5 Å². The van der Waals surface area contributed by atoms with Gasteiger partial charge >= 0.3 is 5.97 Å². The number of rotatable bonds is 5. The van der Waals surface area contributed by atoms with Gasteiger partial charge in [0.15, 0.2) is 0 Å². The van der Waals surface area contributed by atoms with Crippen LogP contribution in [-0.4, -0.2) is 31.6 Å². The topological polar surface area (TPSA) is 67.4 Å². The lowest BCUT2D eigenvalue weighted by molar-refractivity contribution is -0.116. The van der Waals surface area contributed by atoms with Gasteiger partial charge in [0.2, 0.25) is 5.91 Å². The molecule has 0 aromatic heterocycles. The fourth-order valence-corrected chi connectivity index (χ4v) is 2.54. The van der Waals surface area contributed by atoms with E-state index in [9.17, 15) is 9.59 Å². The monoisotopic (exact) mass is 290 g/mol. The van der Waals surface area contributed by atoms with Gasteiger partial charge in [-0.15, -0.1) is 0 Å². The molecular weight excluding hydrogens is 268 g/mol. The summed E-state index contributed by atoms with van der Waals surface area (Å²) >= 11 is 0. The van der Waals surface area contributed by atoms with Crippen LogP contribution in [0.2, 0.25) is 0 Å². The van der Waals surface area contributed by atoms with Gasteiger partial charge in [-0.3, -0.25) is 4.79 Å². The van der Waals surface area contributed by atoms with Crippen LogP contribution in [0, 0.1) is 0 Å². The SMILES string of the molecule is COC(=O)c1cccc(NC(=O)CCC2CCCCN2)c1. The number of benzene rings is 1. The molecule has 5 nitrogen and oxygen atoms in total. The Labute approximate surface area is 125 Å². The Morgan fingerprint density at radius 2 is 2.24 bits per heavy atom. The Kier molecular flexibility index (Phi) is 5.75. The molecule has 1 fully saturated rings. The molecule has 0 spiro atoms. The zero-order valence-corrected chi connectivity index (χ0v) is 12.4. The molecule has 114 valence electrons. The summed E-state index contributed by atoms with van der Waals surface area (Å²) in [5.41, 5.74) is 1.06. The molecule has 1 aliphatic rings. The molecule has 21 heavy (non-hydrogen) atoms. The third-order valence-electron chi connectivity index (χ3n) is 3.70. The second kappa shape index (κ2) is 7.78. The van der Waals surface area contributed by atoms with Crippen LogP contribution >= 0.6 is 0 Å². The van der Waals surface area contributed by atoms with Crippen molar-refractivity contribution in [1.82, 2.24) is 5.32 Å². The van der Waals surface area contributed by atoms with Crippen LogP contribution in [0.25, 0.3) is 0 Å². The highest BCUT2D eigenvalue weighted by atomic mass is 16.5. The van der Waals surface area contributed by atoms with E-state index < -0.39 is 5.97 Å². The lowest BCUT2D eigenvalue weighted by Crippen LogP contribution is -2.34. The van der Waals surface area contributed by atoms with Crippen molar-refractivity contribution in [2.75, 3.05) is 19.0 Å². The van der Waals surface area contributed by atoms with Crippen molar-refractivity contribution in [2.45, 2.75) is 38.1 Å². The number of hydrogen-bond acceptors (Lipinski definition) is 4. The summed E-state index contributed by atoms with van der Waals surface area (Å²) in [6.07, 6.45) is 4.94.